The second-order valence-corrected chi connectivity index (χ2v) is 9.15. The van der Waals surface area contributed by atoms with E-state index in [4.69, 9.17) is 13.1 Å². The first kappa shape index (κ1) is 23.2. The lowest BCUT2D eigenvalue weighted by Crippen LogP contribution is -1.95. The van der Waals surface area contributed by atoms with Crippen molar-refractivity contribution in [3.05, 3.63) is 138 Å². The molecule has 0 unspecified atom stereocenters. The third-order valence-corrected chi connectivity index (χ3v) is 7.02. The molecule has 2 aliphatic rings. The fourth-order valence-corrected chi connectivity index (χ4v) is 5.37. The molecule has 0 spiro atoms. The number of fused-ring (bicyclic) bond motifs is 2. The maximum Gasteiger partial charge on any atom is 0.270 e. The first-order chi connectivity index (χ1) is 18.0. The van der Waals surface area contributed by atoms with Crippen molar-refractivity contribution in [2.24, 2.45) is 0 Å². The van der Waals surface area contributed by atoms with Crippen molar-refractivity contribution in [1.82, 2.24) is 0 Å². The Morgan fingerprint density at radius 3 is 1.41 bits per heavy atom. The van der Waals surface area contributed by atoms with Gasteiger partial charge in [-0.3, -0.25) is 9.59 Å². The van der Waals surface area contributed by atoms with Crippen LogP contribution in [0.1, 0.15) is 41.6 Å². The number of carbonyl (C=O) groups is 2. The summed E-state index contributed by atoms with van der Waals surface area (Å²) < 4.78 is 0. The monoisotopic (exact) mass is 492 g/mol. The van der Waals surface area contributed by atoms with E-state index in [-0.39, 0.29) is 34.1 Å². The third-order valence-electron chi connectivity index (χ3n) is 6.04. The average molecular weight is 493 g/mol. The lowest BCUT2D eigenvalue weighted by atomic mass is 10.0. The zero-order chi connectivity index (χ0) is 26.1. The Labute approximate surface area is 216 Å². The average Bonchev–Trinajstić information content (AvgIpc) is 3.57. The molecule has 0 aliphatic heterocycles. The smallest absolute Gasteiger partial charge is 0.270 e. The summed E-state index contributed by atoms with van der Waals surface area (Å²) in [6, 6.07) is 21.1. The molecular weight excluding hydrogens is 480 g/mol. The van der Waals surface area contributed by atoms with Crippen molar-refractivity contribution in [3.8, 4) is 12.1 Å². The summed E-state index contributed by atoms with van der Waals surface area (Å²) in [5.74, 6) is -0.532. The van der Waals surface area contributed by atoms with Gasteiger partial charge in [0.15, 0.2) is 11.6 Å². The topological polar surface area (TPSA) is 90.4 Å². The van der Waals surface area contributed by atoms with Crippen LogP contribution in [0.15, 0.2) is 83.2 Å². The molecule has 7 heteroatoms. The number of benzene rings is 2. The molecule has 1 aromatic heterocycles. The van der Waals surface area contributed by atoms with Crippen LogP contribution in [-0.2, 0) is 0 Å². The third kappa shape index (κ3) is 3.70. The molecule has 0 fully saturated rings. The second kappa shape index (κ2) is 9.21. The van der Waals surface area contributed by atoms with Gasteiger partial charge in [-0.1, -0.05) is 48.5 Å². The highest BCUT2D eigenvalue weighted by molar-refractivity contribution is 7.13. The van der Waals surface area contributed by atoms with Gasteiger partial charge in [-0.2, -0.15) is 0 Å². The van der Waals surface area contributed by atoms with E-state index < -0.39 is 0 Å². The Bertz CT molecular complexity index is 1690. The molecule has 37 heavy (non-hydrogen) atoms. The van der Waals surface area contributed by atoms with Crippen molar-refractivity contribution in [2.45, 2.75) is 0 Å². The number of nitrogens with zero attached hydrogens (tertiary/aromatic N) is 4. The normalized spacial score (nSPS) is 18.5. The standard InChI is InChI=1S/C30H12N4O2S/c1-33-25(15-31)27-19-7-3-5-9-21(19)29(35)23(27)13-17-11-12-18(37-17)14-24-28(26(16-32)34-2)20-8-4-6-10-22(20)30(24)36/h3-14H/b23-13-,24-14-,27-25-,28-26+. The van der Waals surface area contributed by atoms with Crippen LogP contribution in [0.4, 0.5) is 0 Å². The molecule has 2 aromatic carbocycles. The molecule has 0 radical (unpaired) electrons. The van der Waals surface area contributed by atoms with E-state index in [0.717, 1.165) is 0 Å². The number of thiophene rings is 1. The summed E-state index contributed by atoms with van der Waals surface area (Å²) in [6.45, 7) is 14.8. The number of hydrogen-bond acceptors (Lipinski definition) is 5. The molecule has 0 saturated heterocycles. The molecule has 5 rings (SSSR count). The van der Waals surface area contributed by atoms with Crippen molar-refractivity contribution in [3.63, 3.8) is 0 Å². The Morgan fingerprint density at radius 1 is 0.676 bits per heavy atom. The van der Waals surface area contributed by atoms with Crippen molar-refractivity contribution < 1.29 is 9.59 Å². The fourth-order valence-electron chi connectivity index (χ4n) is 4.47. The van der Waals surface area contributed by atoms with Gasteiger partial charge < -0.3 is 0 Å². The van der Waals surface area contributed by atoms with Crippen LogP contribution >= 0.6 is 11.3 Å². The predicted molar refractivity (Wildman–Crippen MR) is 140 cm³/mol. The van der Waals surface area contributed by atoms with Gasteiger partial charge in [0.1, 0.15) is 0 Å². The van der Waals surface area contributed by atoms with E-state index >= 15 is 0 Å². The van der Waals surface area contributed by atoms with Crippen LogP contribution in [0.5, 0.6) is 0 Å². The molecule has 0 amide bonds. The highest BCUT2D eigenvalue weighted by Crippen LogP contribution is 2.42. The first-order valence-corrected chi connectivity index (χ1v) is 11.7. The van der Waals surface area contributed by atoms with Crippen LogP contribution in [0.25, 0.3) is 33.0 Å². The van der Waals surface area contributed by atoms with E-state index in [1.807, 2.05) is 12.1 Å². The number of nitriles is 2. The number of allylic oxidation sites excluding steroid dienone is 6. The Balaban J connectivity index is 1.62. The molecule has 170 valence electrons. The summed E-state index contributed by atoms with van der Waals surface area (Å²) in [4.78, 5) is 34.3. The molecule has 1 heterocycles. The Hall–Kier alpha value is -5.60. The molecule has 2 aliphatic carbocycles. The van der Waals surface area contributed by atoms with Gasteiger partial charge in [0, 0.05) is 43.2 Å². The first-order valence-electron chi connectivity index (χ1n) is 10.9. The van der Waals surface area contributed by atoms with Crippen LogP contribution in [0, 0.1) is 35.8 Å². The van der Waals surface area contributed by atoms with Gasteiger partial charge in [0.05, 0.1) is 25.3 Å². The summed E-state index contributed by atoms with van der Waals surface area (Å²) >= 11 is 1.30. The molecular formula is C30H12N4O2S. The van der Waals surface area contributed by atoms with E-state index in [0.29, 0.717) is 43.2 Å². The van der Waals surface area contributed by atoms with Crippen LogP contribution in [0.3, 0.4) is 0 Å². The summed E-state index contributed by atoms with van der Waals surface area (Å²) in [5, 5.41) is 19.0. The number of carbonyl (C=O) groups excluding carboxylic acids is 2. The van der Waals surface area contributed by atoms with Gasteiger partial charge in [0.2, 0.25) is 0 Å². The number of ketones is 2. The molecule has 0 bridgehead atoms. The maximum atomic E-state index is 13.2. The van der Waals surface area contributed by atoms with Gasteiger partial charge in [0.25, 0.3) is 11.4 Å². The number of rotatable bonds is 2. The second-order valence-electron chi connectivity index (χ2n) is 8.00. The van der Waals surface area contributed by atoms with Crippen molar-refractivity contribution >= 4 is 46.2 Å². The summed E-state index contributed by atoms with van der Waals surface area (Å²) in [7, 11) is 0. The summed E-state index contributed by atoms with van der Waals surface area (Å²) in [5.41, 5.74) is 2.82. The van der Waals surface area contributed by atoms with Crippen molar-refractivity contribution in [1.29, 1.82) is 10.5 Å². The largest absolute Gasteiger partial charge is 0.289 e. The Kier molecular flexibility index (Phi) is 5.77. The molecule has 0 atom stereocenters. The molecule has 0 N–H and O–H groups in total. The highest BCUT2D eigenvalue weighted by atomic mass is 32.1. The van der Waals surface area contributed by atoms with Crippen LogP contribution in [-0.4, -0.2) is 11.6 Å². The maximum absolute atomic E-state index is 13.2. The Morgan fingerprint density at radius 2 is 1.05 bits per heavy atom. The lowest BCUT2D eigenvalue weighted by Gasteiger charge is -2.02. The van der Waals surface area contributed by atoms with Crippen molar-refractivity contribution in [2.75, 3.05) is 0 Å². The molecule has 3 aromatic rings. The van der Waals surface area contributed by atoms with Crippen LogP contribution in [0.2, 0.25) is 0 Å². The zero-order valence-corrected chi connectivity index (χ0v) is 19.8. The van der Waals surface area contributed by atoms with E-state index in [9.17, 15) is 20.1 Å². The minimum absolute atomic E-state index is 0.157. The summed E-state index contributed by atoms with van der Waals surface area (Å²) in [6.07, 6.45) is 3.29. The van der Waals surface area contributed by atoms with Crippen LogP contribution < -0.4 is 0 Å². The number of Topliss-reactive ketones (excluding diaryl/α,β-unsaturated/α-hetero) is 2. The quantitative estimate of drug-likeness (QED) is 0.228. The van der Waals surface area contributed by atoms with Gasteiger partial charge in [-0.25, -0.2) is 20.2 Å². The van der Waals surface area contributed by atoms with E-state index in [2.05, 4.69) is 9.69 Å². The SMILES string of the molecule is [C-]#[N+]/C(C#N)=C1\C(=C\c2ccc(/C=C3\C(=O)c4ccccc4\C3=C(\C#N)[N+]#[C-])s2)C(=O)c2ccccc21. The fraction of sp³-hybridized carbons (Fsp3) is 0. The zero-order valence-electron chi connectivity index (χ0n) is 18.9. The van der Waals surface area contributed by atoms with Gasteiger partial charge >= 0.3 is 0 Å². The van der Waals surface area contributed by atoms with Gasteiger partial charge in [-0.05, 0) is 35.4 Å². The minimum Gasteiger partial charge on any atom is -0.289 e. The molecule has 6 nitrogen and oxygen atoms in total. The predicted octanol–water partition coefficient (Wildman–Crippen LogP) is 6.62. The number of hydrogen-bond donors (Lipinski definition) is 0. The van der Waals surface area contributed by atoms with E-state index in [1.54, 1.807) is 72.8 Å². The van der Waals surface area contributed by atoms with E-state index in [1.165, 1.54) is 11.3 Å². The minimum atomic E-state index is -0.266. The van der Waals surface area contributed by atoms with Gasteiger partial charge in [-0.15, -0.1) is 11.3 Å². The molecule has 0 saturated carbocycles. The lowest BCUT2D eigenvalue weighted by molar-refractivity contribution is 0.103. The highest BCUT2D eigenvalue weighted by Gasteiger charge is 2.33.